The highest BCUT2D eigenvalue weighted by Crippen LogP contribution is 2.28. The number of nitrogens with two attached hydrogens (primary N) is 1. The zero-order valence-corrected chi connectivity index (χ0v) is 7.42. The van der Waals surface area contributed by atoms with E-state index >= 15 is 0 Å². The average molecular weight is 206 g/mol. The number of benzene rings is 1. The van der Waals surface area contributed by atoms with E-state index in [0.29, 0.717) is 5.56 Å². The Balaban J connectivity index is 3.13. The molecule has 72 valence electrons. The molecule has 0 fully saturated rings. The quantitative estimate of drug-likeness (QED) is 0.679. The van der Waals surface area contributed by atoms with Crippen molar-refractivity contribution in [2.24, 2.45) is 5.73 Å². The van der Waals surface area contributed by atoms with E-state index in [0.717, 1.165) is 6.07 Å². The summed E-state index contributed by atoms with van der Waals surface area (Å²) in [6.45, 7) is -0.0125. The second-order valence-electron chi connectivity index (χ2n) is 2.59. The highest BCUT2D eigenvalue weighted by molar-refractivity contribution is 6.30. The topological polar surface area (TPSA) is 66.5 Å². The molecule has 4 N–H and O–H groups in total. The highest BCUT2D eigenvalue weighted by atomic mass is 35.5. The molecule has 1 aromatic rings. The first kappa shape index (κ1) is 10.2. The minimum Gasteiger partial charge on any atom is -0.505 e. The lowest BCUT2D eigenvalue weighted by Crippen LogP contribution is -2.11. The van der Waals surface area contributed by atoms with Crippen LogP contribution in [0.25, 0.3) is 0 Å². The first-order valence-electron chi connectivity index (χ1n) is 3.62. The summed E-state index contributed by atoms with van der Waals surface area (Å²) < 4.78 is 12.8. The van der Waals surface area contributed by atoms with E-state index in [1.807, 2.05) is 0 Å². The van der Waals surface area contributed by atoms with Crippen LogP contribution >= 0.6 is 11.6 Å². The number of hydrogen-bond acceptors (Lipinski definition) is 3. The third-order valence-corrected chi connectivity index (χ3v) is 1.91. The minimum absolute atomic E-state index is 0.0125. The zero-order valence-electron chi connectivity index (χ0n) is 6.67. The van der Waals surface area contributed by atoms with Crippen molar-refractivity contribution in [3.8, 4) is 5.75 Å². The second-order valence-corrected chi connectivity index (χ2v) is 2.99. The lowest BCUT2D eigenvalue weighted by molar-refractivity contribution is 0.186. The summed E-state index contributed by atoms with van der Waals surface area (Å²) in [7, 11) is 0. The van der Waals surface area contributed by atoms with E-state index in [1.54, 1.807) is 0 Å². The van der Waals surface area contributed by atoms with Crippen LogP contribution in [-0.4, -0.2) is 16.8 Å². The van der Waals surface area contributed by atoms with Crippen LogP contribution in [0.4, 0.5) is 4.39 Å². The van der Waals surface area contributed by atoms with Crippen LogP contribution in [0.2, 0.25) is 5.02 Å². The Hall–Kier alpha value is -0.840. The fourth-order valence-electron chi connectivity index (χ4n) is 0.923. The smallest absolute Gasteiger partial charge is 0.183 e. The van der Waals surface area contributed by atoms with Crippen LogP contribution in [-0.2, 0) is 0 Å². The maximum Gasteiger partial charge on any atom is 0.183 e. The Morgan fingerprint density at radius 1 is 1.54 bits per heavy atom. The van der Waals surface area contributed by atoms with Gasteiger partial charge in [-0.2, -0.15) is 0 Å². The molecule has 0 bridgehead atoms. The standard InChI is InChI=1S/C8H9ClFNO2/c9-5-1-4(7(13)3-11)2-6(12)8(5)10/h1-2,7,12-13H,3,11H2. The fourth-order valence-corrected chi connectivity index (χ4v) is 1.15. The normalized spacial score (nSPS) is 12.9. The molecular formula is C8H9ClFNO2. The van der Waals surface area contributed by atoms with Gasteiger partial charge in [-0.25, -0.2) is 4.39 Å². The molecule has 0 heterocycles. The number of rotatable bonds is 2. The van der Waals surface area contributed by atoms with E-state index in [9.17, 15) is 9.50 Å². The van der Waals surface area contributed by atoms with E-state index in [1.165, 1.54) is 6.07 Å². The molecule has 0 aromatic heterocycles. The Labute approximate surface area is 79.6 Å². The van der Waals surface area contributed by atoms with Gasteiger partial charge in [-0.1, -0.05) is 11.6 Å². The average Bonchev–Trinajstić information content (AvgIpc) is 2.12. The predicted octanol–water partition coefficient (Wildman–Crippen LogP) is 1.18. The minimum atomic E-state index is -0.941. The van der Waals surface area contributed by atoms with Crippen molar-refractivity contribution in [3.63, 3.8) is 0 Å². The summed E-state index contributed by atoms with van der Waals surface area (Å²) in [5, 5.41) is 18.0. The largest absolute Gasteiger partial charge is 0.505 e. The molecule has 0 spiro atoms. The van der Waals surface area contributed by atoms with Crippen molar-refractivity contribution in [1.29, 1.82) is 0 Å². The highest BCUT2D eigenvalue weighted by Gasteiger charge is 2.12. The second kappa shape index (κ2) is 3.91. The summed E-state index contributed by atoms with van der Waals surface area (Å²) in [4.78, 5) is 0. The summed E-state index contributed by atoms with van der Waals surface area (Å²) in [5.41, 5.74) is 5.47. The third-order valence-electron chi connectivity index (χ3n) is 1.64. The van der Waals surface area contributed by atoms with Gasteiger partial charge in [0.2, 0.25) is 0 Å². The van der Waals surface area contributed by atoms with Gasteiger partial charge in [0, 0.05) is 6.54 Å². The van der Waals surface area contributed by atoms with Crippen molar-refractivity contribution in [2.75, 3.05) is 6.54 Å². The number of phenols is 1. The lowest BCUT2D eigenvalue weighted by Gasteiger charge is -2.09. The van der Waals surface area contributed by atoms with Crippen molar-refractivity contribution in [1.82, 2.24) is 0 Å². The van der Waals surface area contributed by atoms with E-state index in [2.05, 4.69) is 0 Å². The molecule has 0 saturated heterocycles. The maximum absolute atomic E-state index is 12.8. The van der Waals surface area contributed by atoms with Gasteiger partial charge in [-0.3, -0.25) is 0 Å². The molecule has 0 saturated carbocycles. The number of aliphatic hydroxyl groups is 1. The van der Waals surface area contributed by atoms with Crippen molar-refractivity contribution in [2.45, 2.75) is 6.10 Å². The van der Waals surface area contributed by atoms with Gasteiger partial charge in [0.25, 0.3) is 0 Å². The van der Waals surface area contributed by atoms with Gasteiger partial charge in [-0.15, -0.1) is 0 Å². The van der Waals surface area contributed by atoms with Gasteiger partial charge in [0.05, 0.1) is 11.1 Å². The number of hydrogen-bond donors (Lipinski definition) is 3. The fraction of sp³-hybridized carbons (Fsp3) is 0.250. The van der Waals surface area contributed by atoms with E-state index in [4.69, 9.17) is 22.4 Å². The molecule has 1 rings (SSSR count). The molecule has 0 aliphatic carbocycles. The van der Waals surface area contributed by atoms with Crippen molar-refractivity contribution in [3.05, 3.63) is 28.5 Å². The number of phenolic OH excluding ortho intramolecular Hbond substituents is 1. The van der Waals surface area contributed by atoms with Gasteiger partial charge in [0.1, 0.15) is 0 Å². The van der Waals surface area contributed by atoms with Crippen molar-refractivity contribution >= 4 is 11.6 Å². The first-order valence-corrected chi connectivity index (χ1v) is 4.00. The molecule has 13 heavy (non-hydrogen) atoms. The summed E-state index contributed by atoms with van der Waals surface area (Å²) >= 11 is 5.43. The molecule has 0 radical (unpaired) electrons. The Bertz CT molecular complexity index is 296. The van der Waals surface area contributed by atoms with Gasteiger partial charge in [-0.05, 0) is 17.7 Å². The van der Waals surface area contributed by atoms with E-state index < -0.39 is 17.7 Å². The molecule has 1 aromatic carbocycles. The van der Waals surface area contributed by atoms with Crippen molar-refractivity contribution < 1.29 is 14.6 Å². The molecule has 0 aliphatic heterocycles. The maximum atomic E-state index is 12.8. The van der Waals surface area contributed by atoms with Crippen LogP contribution in [0.15, 0.2) is 12.1 Å². The number of aromatic hydroxyl groups is 1. The molecular weight excluding hydrogens is 197 g/mol. The molecule has 1 unspecified atom stereocenters. The summed E-state index contributed by atoms with van der Waals surface area (Å²) in [6, 6.07) is 2.33. The molecule has 5 heteroatoms. The predicted molar refractivity (Wildman–Crippen MR) is 47.1 cm³/mol. The van der Waals surface area contributed by atoms with Crippen LogP contribution in [0.5, 0.6) is 5.75 Å². The molecule has 3 nitrogen and oxygen atoms in total. The Kier molecular flexibility index (Phi) is 3.08. The Morgan fingerprint density at radius 3 is 2.62 bits per heavy atom. The monoisotopic (exact) mass is 205 g/mol. The van der Waals surface area contributed by atoms with Crippen LogP contribution in [0.1, 0.15) is 11.7 Å². The van der Waals surface area contributed by atoms with Gasteiger partial charge in [0.15, 0.2) is 11.6 Å². The summed E-state index contributed by atoms with van der Waals surface area (Å²) in [5.74, 6) is -1.48. The van der Waals surface area contributed by atoms with Crippen LogP contribution < -0.4 is 5.73 Å². The number of halogens is 2. The van der Waals surface area contributed by atoms with Crippen LogP contribution in [0, 0.1) is 5.82 Å². The van der Waals surface area contributed by atoms with Gasteiger partial charge >= 0.3 is 0 Å². The third kappa shape index (κ3) is 2.09. The lowest BCUT2D eigenvalue weighted by atomic mass is 10.1. The molecule has 0 amide bonds. The SMILES string of the molecule is NCC(O)c1cc(O)c(F)c(Cl)c1. The zero-order chi connectivity index (χ0) is 10.0. The van der Waals surface area contributed by atoms with Crippen LogP contribution in [0.3, 0.4) is 0 Å². The summed E-state index contributed by atoms with van der Waals surface area (Å²) in [6.07, 6.45) is -0.941. The molecule has 0 aliphatic rings. The number of aliphatic hydroxyl groups excluding tert-OH is 1. The van der Waals surface area contributed by atoms with Gasteiger partial charge < -0.3 is 15.9 Å². The molecule has 1 atom stereocenters. The Morgan fingerprint density at radius 2 is 2.15 bits per heavy atom. The first-order chi connectivity index (χ1) is 6.06. The van der Waals surface area contributed by atoms with E-state index in [-0.39, 0.29) is 11.6 Å².